The summed E-state index contributed by atoms with van der Waals surface area (Å²) in [5.41, 5.74) is -0.0350. The molecule has 1 N–H and O–H groups in total. The van der Waals surface area contributed by atoms with E-state index in [0.29, 0.717) is 12.3 Å². The average Bonchev–Trinajstić information content (AvgIpc) is 2.62. The number of aromatic carboxylic acids is 1. The number of rotatable bonds is 5. The normalized spacial score (nSPS) is 10.8. The lowest BCUT2D eigenvalue weighted by molar-refractivity contribution is 0.0685. The Bertz CT molecular complexity index is 305. The van der Waals surface area contributed by atoms with Crippen LogP contribution in [0.3, 0.4) is 0 Å². The molecule has 1 aromatic rings. The zero-order chi connectivity index (χ0) is 10.6. The molecule has 5 nitrogen and oxygen atoms in total. The maximum atomic E-state index is 10.5. The van der Waals surface area contributed by atoms with Crippen LogP contribution in [-0.2, 0) is 6.54 Å². The molecular formula is C9H14N2O3. The minimum Gasteiger partial charge on any atom is -0.476 e. The van der Waals surface area contributed by atoms with Gasteiger partial charge in [0.1, 0.15) is 0 Å². The van der Waals surface area contributed by atoms with E-state index in [2.05, 4.69) is 10.1 Å². The van der Waals surface area contributed by atoms with Gasteiger partial charge in [0.2, 0.25) is 0 Å². The number of hydrogen-bond acceptors (Lipinski definition) is 4. The first-order valence-electron chi connectivity index (χ1n) is 4.58. The molecule has 0 aliphatic rings. The highest BCUT2D eigenvalue weighted by Crippen LogP contribution is 2.06. The van der Waals surface area contributed by atoms with Crippen molar-refractivity contribution in [3.05, 3.63) is 17.5 Å². The van der Waals surface area contributed by atoms with Crippen molar-refractivity contribution >= 4 is 5.97 Å². The summed E-state index contributed by atoms with van der Waals surface area (Å²) >= 11 is 0. The van der Waals surface area contributed by atoms with E-state index >= 15 is 0 Å². The van der Waals surface area contributed by atoms with Gasteiger partial charge in [-0.15, -0.1) is 0 Å². The van der Waals surface area contributed by atoms with Crippen LogP contribution in [0.25, 0.3) is 0 Å². The van der Waals surface area contributed by atoms with Crippen LogP contribution in [0.4, 0.5) is 0 Å². The van der Waals surface area contributed by atoms with E-state index < -0.39 is 5.97 Å². The largest absolute Gasteiger partial charge is 0.476 e. The van der Waals surface area contributed by atoms with E-state index in [0.717, 1.165) is 13.1 Å². The third-order valence-corrected chi connectivity index (χ3v) is 2.05. The molecule has 1 aromatic heterocycles. The maximum absolute atomic E-state index is 10.5. The monoisotopic (exact) mass is 198 g/mol. The van der Waals surface area contributed by atoms with Crippen molar-refractivity contribution in [3.63, 3.8) is 0 Å². The van der Waals surface area contributed by atoms with Gasteiger partial charge >= 0.3 is 5.97 Å². The maximum Gasteiger partial charge on any atom is 0.358 e. The van der Waals surface area contributed by atoms with Crippen molar-refractivity contribution in [3.8, 4) is 0 Å². The van der Waals surface area contributed by atoms with Crippen molar-refractivity contribution in [1.29, 1.82) is 0 Å². The Morgan fingerprint density at radius 2 is 2.21 bits per heavy atom. The zero-order valence-corrected chi connectivity index (χ0v) is 8.36. The highest BCUT2D eigenvalue weighted by Gasteiger charge is 2.12. The predicted molar refractivity (Wildman–Crippen MR) is 50.1 cm³/mol. The Hall–Kier alpha value is -1.36. The molecule has 0 saturated heterocycles. The minimum absolute atomic E-state index is 0.0350. The number of carboxylic acids is 1. The van der Waals surface area contributed by atoms with E-state index in [9.17, 15) is 4.79 Å². The van der Waals surface area contributed by atoms with Gasteiger partial charge < -0.3 is 9.63 Å². The summed E-state index contributed by atoms with van der Waals surface area (Å²) in [4.78, 5) is 12.6. The molecule has 0 spiro atoms. The fourth-order valence-electron chi connectivity index (χ4n) is 1.16. The first-order valence-corrected chi connectivity index (χ1v) is 4.58. The van der Waals surface area contributed by atoms with Gasteiger partial charge in [-0.3, -0.25) is 4.90 Å². The molecule has 14 heavy (non-hydrogen) atoms. The standard InChI is InChI=1S/C9H14N2O3/c1-3-11(4-2)6-7-5-8(9(12)13)10-14-7/h5H,3-4,6H2,1-2H3,(H,12,13). The van der Waals surface area contributed by atoms with E-state index in [4.69, 9.17) is 9.63 Å². The molecule has 0 saturated carbocycles. The summed E-state index contributed by atoms with van der Waals surface area (Å²) in [7, 11) is 0. The van der Waals surface area contributed by atoms with Gasteiger partial charge in [0.05, 0.1) is 6.54 Å². The Balaban J connectivity index is 2.63. The second-order valence-electron chi connectivity index (χ2n) is 2.95. The second kappa shape index (κ2) is 4.76. The predicted octanol–water partition coefficient (Wildman–Crippen LogP) is 1.21. The van der Waals surface area contributed by atoms with E-state index in [-0.39, 0.29) is 5.69 Å². The summed E-state index contributed by atoms with van der Waals surface area (Å²) in [6, 6.07) is 1.46. The molecule has 5 heteroatoms. The van der Waals surface area contributed by atoms with Crippen molar-refractivity contribution in [2.75, 3.05) is 13.1 Å². The molecule has 0 amide bonds. The lowest BCUT2D eigenvalue weighted by Gasteiger charge is -2.14. The van der Waals surface area contributed by atoms with Gasteiger partial charge in [0.15, 0.2) is 11.5 Å². The van der Waals surface area contributed by atoms with Gasteiger partial charge in [0.25, 0.3) is 0 Å². The molecule has 0 aliphatic carbocycles. The van der Waals surface area contributed by atoms with Crippen LogP contribution >= 0.6 is 0 Å². The summed E-state index contributed by atoms with van der Waals surface area (Å²) in [6.45, 7) is 6.49. The summed E-state index contributed by atoms with van der Waals surface area (Å²) < 4.78 is 4.89. The smallest absolute Gasteiger partial charge is 0.358 e. The van der Waals surface area contributed by atoms with Gasteiger partial charge in [-0.25, -0.2) is 4.79 Å². The van der Waals surface area contributed by atoms with Crippen LogP contribution in [-0.4, -0.2) is 34.2 Å². The summed E-state index contributed by atoms with van der Waals surface area (Å²) in [5.74, 6) is -0.467. The van der Waals surface area contributed by atoms with E-state index in [1.54, 1.807) is 0 Å². The third kappa shape index (κ3) is 2.56. The van der Waals surface area contributed by atoms with Gasteiger partial charge in [-0.05, 0) is 13.1 Å². The van der Waals surface area contributed by atoms with Crippen molar-refractivity contribution in [2.45, 2.75) is 20.4 Å². The Kier molecular flexibility index (Phi) is 3.64. The minimum atomic E-state index is -1.06. The average molecular weight is 198 g/mol. The first-order chi connectivity index (χ1) is 6.67. The molecular weight excluding hydrogens is 184 g/mol. The quantitative estimate of drug-likeness (QED) is 0.770. The van der Waals surface area contributed by atoms with Gasteiger partial charge in [-0.2, -0.15) is 0 Å². The highest BCUT2D eigenvalue weighted by molar-refractivity contribution is 5.85. The number of carboxylic acid groups (broad SMARTS) is 1. The molecule has 0 radical (unpaired) electrons. The zero-order valence-electron chi connectivity index (χ0n) is 8.36. The van der Waals surface area contributed by atoms with E-state index in [1.165, 1.54) is 6.07 Å². The molecule has 0 bridgehead atoms. The second-order valence-corrected chi connectivity index (χ2v) is 2.95. The highest BCUT2D eigenvalue weighted by atomic mass is 16.5. The van der Waals surface area contributed by atoms with Gasteiger partial charge in [0, 0.05) is 6.07 Å². The SMILES string of the molecule is CCN(CC)Cc1cc(C(=O)O)no1. The Morgan fingerprint density at radius 3 is 2.64 bits per heavy atom. The van der Waals surface area contributed by atoms with E-state index in [1.807, 2.05) is 13.8 Å². The van der Waals surface area contributed by atoms with Crippen molar-refractivity contribution in [2.24, 2.45) is 0 Å². The topological polar surface area (TPSA) is 66.6 Å². The van der Waals surface area contributed by atoms with Crippen molar-refractivity contribution in [1.82, 2.24) is 10.1 Å². The molecule has 78 valence electrons. The molecule has 0 unspecified atom stereocenters. The molecule has 0 fully saturated rings. The molecule has 1 rings (SSSR count). The Morgan fingerprint density at radius 1 is 1.57 bits per heavy atom. The fraction of sp³-hybridized carbons (Fsp3) is 0.556. The summed E-state index contributed by atoms with van der Waals surface area (Å²) in [5, 5.41) is 12.0. The van der Waals surface area contributed by atoms with Crippen LogP contribution < -0.4 is 0 Å². The van der Waals surface area contributed by atoms with Crippen LogP contribution in [0.5, 0.6) is 0 Å². The third-order valence-electron chi connectivity index (χ3n) is 2.05. The van der Waals surface area contributed by atoms with Crippen LogP contribution in [0.15, 0.2) is 10.6 Å². The number of aromatic nitrogens is 1. The van der Waals surface area contributed by atoms with Crippen molar-refractivity contribution < 1.29 is 14.4 Å². The Labute approximate surface area is 82.3 Å². The first kappa shape index (κ1) is 10.7. The molecule has 0 aromatic carbocycles. The number of hydrogen-bond donors (Lipinski definition) is 1. The fourth-order valence-corrected chi connectivity index (χ4v) is 1.16. The summed E-state index contributed by atoms with van der Waals surface area (Å²) in [6.07, 6.45) is 0. The molecule has 0 aliphatic heterocycles. The number of nitrogens with zero attached hydrogens (tertiary/aromatic N) is 2. The van der Waals surface area contributed by atoms with Gasteiger partial charge in [-0.1, -0.05) is 19.0 Å². The lowest BCUT2D eigenvalue weighted by atomic mass is 10.3. The molecule has 1 heterocycles. The molecule has 0 atom stereocenters. The van der Waals surface area contributed by atoms with Crippen LogP contribution in [0.2, 0.25) is 0 Å². The number of carbonyl (C=O) groups is 1. The van der Waals surface area contributed by atoms with Crippen LogP contribution in [0, 0.1) is 0 Å². The lowest BCUT2D eigenvalue weighted by Crippen LogP contribution is -2.21. The van der Waals surface area contributed by atoms with Crippen LogP contribution in [0.1, 0.15) is 30.1 Å².